The Balaban J connectivity index is 2.62. The van der Waals surface area contributed by atoms with Gasteiger partial charge < -0.3 is 25.2 Å². The van der Waals surface area contributed by atoms with Crippen LogP contribution in [0.25, 0.3) is 0 Å². The lowest BCUT2D eigenvalue weighted by Gasteiger charge is -2.22. The van der Waals surface area contributed by atoms with Gasteiger partial charge in [0.15, 0.2) is 6.23 Å². The van der Waals surface area contributed by atoms with E-state index in [0.717, 1.165) is 11.8 Å². The van der Waals surface area contributed by atoms with Crippen LogP contribution in [0.1, 0.15) is 20.8 Å². The number of alkyl carbamates (subject to hydrolysis) is 1. The second-order valence-electron chi connectivity index (χ2n) is 5.49. The number of carbonyl (C=O) groups excluding carboxylic acids is 3. The average Bonchev–Trinajstić information content (AvgIpc) is 2.69. The van der Waals surface area contributed by atoms with E-state index >= 15 is 0 Å². The third-order valence-electron chi connectivity index (χ3n) is 2.42. The van der Waals surface area contributed by atoms with Gasteiger partial charge in [0, 0.05) is 16.7 Å². The molecule has 1 heterocycles. The molecule has 0 aliphatic carbocycles. The lowest BCUT2D eigenvalue weighted by atomic mass is 10.2. The van der Waals surface area contributed by atoms with E-state index in [4.69, 9.17) is 4.74 Å². The second-order valence-corrected chi connectivity index (χ2v) is 6.58. The van der Waals surface area contributed by atoms with Crippen molar-refractivity contribution in [3.8, 4) is 0 Å². The highest BCUT2D eigenvalue weighted by Crippen LogP contribution is 2.23. The first-order chi connectivity index (χ1) is 10.1. The normalized spacial score (nSPS) is 19.0. The van der Waals surface area contributed by atoms with E-state index in [0.29, 0.717) is 4.91 Å². The number of aliphatic hydroxyl groups excluding tert-OH is 1. The van der Waals surface area contributed by atoms with Crippen molar-refractivity contribution in [1.29, 1.82) is 0 Å². The minimum Gasteiger partial charge on any atom is -0.467 e. The van der Waals surface area contributed by atoms with E-state index in [9.17, 15) is 19.5 Å². The first kappa shape index (κ1) is 18.3. The number of amides is 2. The average molecular weight is 332 g/mol. The van der Waals surface area contributed by atoms with Gasteiger partial charge in [-0.25, -0.2) is 9.59 Å². The quantitative estimate of drug-likeness (QED) is 0.613. The molecule has 0 fully saturated rings. The number of ether oxygens (including phenoxy) is 2. The molecule has 0 aromatic heterocycles. The molecule has 0 spiro atoms. The molecule has 1 rings (SSSR count). The Hall–Kier alpha value is -1.74. The molecule has 0 aromatic carbocycles. The van der Waals surface area contributed by atoms with Crippen LogP contribution in [0.4, 0.5) is 4.79 Å². The van der Waals surface area contributed by atoms with Crippen molar-refractivity contribution in [3.63, 3.8) is 0 Å². The van der Waals surface area contributed by atoms with Crippen molar-refractivity contribution in [3.05, 3.63) is 11.0 Å². The first-order valence-corrected chi connectivity index (χ1v) is 7.51. The van der Waals surface area contributed by atoms with Crippen LogP contribution in [0.15, 0.2) is 11.0 Å². The number of hydrogen-bond acceptors (Lipinski definition) is 7. The summed E-state index contributed by atoms with van der Waals surface area (Å²) in [6.45, 7) is 5.10. The highest BCUT2D eigenvalue weighted by atomic mass is 32.2. The summed E-state index contributed by atoms with van der Waals surface area (Å²) in [6, 6.07) is -0.964. The van der Waals surface area contributed by atoms with Crippen LogP contribution in [0, 0.1) is 0 Å². The zero-order valence-electron chi connectivity index (χ0n) is 12.8. The van der Waals surface area contributed by atoms with Gasteiger partial charge in [-0.1, -0.05) is 0 Å². The van der Waals surface area contributed by atoms with Crippen molar-refractivity contribution in [2.45, 2.75) is 38.6 Å². The van der Waals surface area contributed by atoms with E-state index in [1.165, 1.54) is 13.2 Å². The Morgan fingerprint density at radius 3 is 2.59 bits per heavy atom. The zero-order chi connectivity index (χ0) is 16.9. The number of rotatable bonds is 5. The van der Waals surface area contributed by atoms with E-state index in [2.05, 4.69) is 15.4 Å². The molecule has 22 heavy (non-hydrogen) atoms. The number of carbonyl (C=O) groups is 3. The summed E-state index contributed by atoms with van der Waals surface area (Å²) in [7, 11) is 1.20. The van der Waals surface area contributed by atoms with Crippen molar-refractivity contribution < 1.29 is 29.0 Å². The molecule has 0 bridgehead atoms. The molecular formula is C13H20N2O6S. The number of aliphatic hydroxyl groups is 1. The standard InChI is InChI=1S/C13H20N2O6S/c1-13(2,3)21-12(19)14-7(11(18)20-4)6-22-8-5-9(16)15-10(8)17/h5,7,10,17H,6H2,1-4H3,(H,14,19)(H,15,16)/t7-,10?/m0/s1. The molecule has 2 atom stereocenters. The second kappa shape index (κ2) is 7.50. The molecule has 0 saturated heterocycles. The van der Waals surface area contributed by atoms with Crippen LogP contribution >= 0.6 is 11.8 Å². The van der Waals surface area contributed by atoms with E-state index in [1.54, 1.807) is 20.8 Å². The molecule has 0 saturated carbocycles. The maximum absolute atomic E-state index is 11.7. The highest BCUT2D eigenvalue weighted by molar-refractivity contribution is 8.03. The van der Waals surface area contributed by atoms with E-state index in [1.807, 2.05) is 0 Å². The molecule has 9 heteroatoms. The maximum Gasteiger partial charge on any atom is 0.408 e. The van der Waals surface area contributed by atoms with Gasteiger partial charge in [-0.15, -0.1) is 11.8 Å². The first-order valence-electron chi connectivity index (χ1n) is 6.52. The van der Waals surface area contributed by atoms with E-state index < -0.39 is 35.8 Å². The van der Waals surface area contributed by atoms with Gasteiger partial charge in [0.25, 0.3) is 0 Å². The fraction of sp³-hybridized carbons (Fsp3) is 0.615. The predicted octanol–water partition coefficient (Wildman–Crippen LogP) is 0.118. The van der Waals surface area contributed by atoms with Gasteiger partial charge in [-0.05, 0) is 20.8 Å². The van der Waals surface area contributed by atoms with Crippen LogP contribution in [0.5, 0.6) is 0 Å². The molecular weight excluding hydrogens is 312 g/mol. The maximum atomic E-state index is 11.7. The van der Waals surface area contributed by atoms with Crippen molar-refractivity contribution in [1.82, 2.24) is 10.6 Å². The number of hydrogen-bond donors (Lipinski definition) is 3. The van der Waals surface area contributed by atoms with Gasteiger partial charge >= 0.3 is 12.1 Å². The van der Waals surface area contributed by atoms with Gasteiger partial charge in [0.05, 0.1) is 7.11 Å². The zero-order valence-corrected chi connectivity index (χ0v) is 13.7. The third-order valence-corrected chi connectivity index (χ3v) is 3.59. The highest BCUT2D eigenvalue weighted by Gasteiger charge is 2.28. The summed E-state index contributed by atoms with van der Waals surface area (Å²) in [5.74, 6) is -0.973. The van der Waals surface area contributed by atoms with Gasteiger partial charge in [-0.3, -0.25) is 4.79 Å². The molecule has 1 aliphatic rings. The molecule has 2 amide bonds. The van der Waals surface area contributed by atoms with Crippen molar-refractivity contribution in [2.75, 3.05) is 12.9 Å². The Morgan fingerprint density at radius 2 is 2.14 bits per heavy atom. The number of methoxy groups -OCH3 is 1. The summed E-state index contributed by atoms with van der Waals surface area (Å²) >= 11 is 1.06. The fourth-order valence-electron chi connectivity index (χ4n) is 1.52. The predicted molar refractivity (Wildman–Crippen MR) is 79.9 cm³/mol. The van der Waals surface area contributed by atoms with Gasteiger partial charge in [0.2, 0.25) is 5.91 Å². The smallest absolute Gasteiger partial charge is 0.408 e. The Morgan fingerprint density at radius 1 is 1.50 bits per heavy atom. The number of thioether (sulfide) groups is 1. The minimum absolute atomic E-state index is 0.0871. The minimum atomic E-state index is -1.10. The largest absolute Gasteiger partial charge is 0.467 e. The molecule has 8 nitrogen and oxygen atoms in total. The van der Waals surface area contributed by atoms with Gasteiger partial charge in [0.1, 0.15) is 11.6 Å². The summed E-state index contributed by atoms with van der Waals surface area (Å²) in [5.41, 5.74) is -0.696. The molecule has 1 aliphatic heterocycles. The summed E-state index contributed by atoms with van der Waals surface area (Å²) in [4.78, 5) is 34.9. The number of esters is 1. The van der Waals surface area contributed by atoms with Crippen LogP contribution < -0.4 is 10.6 Å². The summed E-state index contributed by atoms with van der Waals surface area (Å²) < 4.78 is 9.69. The Bertz CT molecular complexity index is 485. The number of nitrogens with one attached hydrogen (secondary N) is 2. The summed E-state index contributed by atoms with van der Waals surface area (Å²) in [6.07, 6.45) is -0.618. The van der Waals surface area contributed by atoms with Crippen molar-refractivity contribution in [2.24, 2.45) is 0 Å². The van der Waals surface area contributed by atoms with Crippen molar-refractivity contribution >= 4 is 29.7 Å². The molecule has 124 valence electrons. The summed E-state index contributed by atoms with van der Waals surface area (Å²) in [5, 5.41) is 14.2. The van der Waals surface area contributed by atoms with Crippen LogP contribution in [-0.2, 0) is 19.1 Å². The van der Waals surface area contributed by atoms with Crippen LogP contribution in [0.2, 0.25) is 0 Å². The SMILES string of the molecule is COC(=O)[C@H](CSC1=CC(=O)NC1O)NC(=O)OC(C)(C)C. The fourth-order valence-corrected chi connectivity index (χ4v) is 2.50. The topological polar surface area (TPSA) is 114 Å². The lowest BCUT2D eigenvalue weighted by Crippen LogP contribution is -2.45. The third kappa shape index (κ3) is 5.94. The lowest BCUT2D eigenvalue weighted by molar-refractivity contribution is -0.142. The van der Waals surface area contributed by atoms with Crippen LogP contribution in [-0.4, -0.2) is 53.8 Å². The monoisotopic (exact) mass is 332 g/mol. The van der Waals surface area contributed by atoms with Gasteiger partial charge in [-0.2, -0.15) is 0 Å². The van der Waals surface area contributed by atoms with Crippen LogP contribution in [0.3, 0.4) is 0 Å². The Labute approximate surface area is 132 Å². The molecule has 0 radical (unpaired) electrons. The molecule has 0 aromatic rings. The van der Waals surface area contributed by atoms with E-state index in [-0.39, 0.29) is 5.75 Å². The molecule has 3 N–H and O–H groups in total. The molecule has 1 unspecified atom stereocenters. The Kier molecular flexibility index (Phi) is 6.24.